The summed E-state index contributed by atoms with van der Waals surface area (Å²) in [6, 6.07) is 0. The van der Waals surface area contributed by atoms with E-state index < -0.39 is 0 Å². The molecule has 0 N–H and O–H groups in total. The summed E-state index contributed by atoms with van der Waals surface area (Å²) in [5.41, 5.74) is 1.13. The minimum atomic E-state index is 0.0851. The van der Waals surface area contributed by atoms with E-state index in [1.165, 1.54) is 0 Å². The van der Waals surface area contributed by atoms with Crippen molar-refractivity contribution in [3.05, 3.63) is 23.4 Å². The van der Waals surface area contributed by atoms with Crippen molar-refractivity contribution in [3.63, 3.8) is 0 Å². The van der Waals surface area contributed by atoms with Crippen LogP contribution in [0.5, 0.6) is 0 Å². The molecule has 1 aromatic heterocycles. The van der Waals surface area contributed by atoms with Gasteiger partial charge >= 0.3 is 0 Å². The van der Waals surface area contributed by atoms with E-state index in [2.05, 4.69) is 48.8 Å². The molecular formula is C8H12BrN2. The predicted octanol–water partition coefficient (Wildman–Crippen LogP) is 2.58. The van der Waals surface area contributed by atoms with Gasteiger partial charge in [0.1, 0.15) is 0 Å². The van der Waals surface area contributed by atoms with Gasteiger partial charge in [-0.1, -0.05) is 20.8 Å². The lowest BCUT2D eigenvalue weighted by Gasteiger charge is -2.15. The molecule has 0 aliphatic rings. The zero-order chi connectivity index (χ0) is 8.65. The maximum atomic E-state index is 4.24. The Kier molecular flexibility index (Phi) is 2.10. The van der Waals surface area contributed by atoms with E-state index in [1.54, 1.807) is 4.68 Å². The Labute approximate surface area is 75.7 Å². The Hall–Kier alpha value is -0.310. The van der Waals surface area contributed by atoms with Crippen LogP contribution in [0.25, 0.3) is 0 Å². The fourth-order valence-electron chi connectivity index (χ4n) is 0.905. The molecule has 1 radical (unpaired) electrons. The second-order valence-electron chi connectivity index (χ2n) is 3.62. The molecule has 0 aliphatic heterocycles. The number of aromatic nitrogens is 2. The van der Waals surface area contributed by atoms with Gasteiger partial charge in [-0.25, -0.2) is 0 Å². The summed E-state index contributed by atoms with van der Waals surface area (Å²) >= 11 is 3.43. The first-order valence-corrected chi connectivity index (χ1v) is 4.27. The summed E-state index contributed by atoms with van der Waals surface area (Å²) in [7, 11) is 3.69. The lowest BCUT2D eigenvalue weighted by atomic mass is 9.93. The van der Waals surface area contributed by atoms with Crippen molar-refractivity contribution in [1.82, 2.24) is 9.78 Å². The van der Waals surface area contributed by atoms with E-state index in [0.29, 0.717) is 0 Å². The Morgan fingerprint density at radius 2 is 2.09 bits per heavy atom. The third-order valence-corrected chi connectivity index (χ3v) is 2.01. The van der Waals surface area contributed by atoms with E-state index in [1.807, 2.05) is 6.20 Å². The van der Waals surface area contributed by atoms with Gasteiger partial charge in [-0.15, -0.1) is 0 Å². The van der Waals surface area contributed by atoms with Gasteiger partial charge < -0.3 is 0 Å². The third kappa shape index (κ3) is 1.83. The molecular weight excluding hydrogens is 204 g/mol. The van der Waals surface area contributed by atoms with Crippen LogP contribution in [0.4, 0.5) is 0 Å². The number of nitrogens with zero attached hydrogens (tertiary/aromatic N) is 2. The molecule has 1 rings (SSSR count). The standard InChI is InChI=1S/C8H12BrN2/c1-8(2,3)7-6(9)5-11(4)10-7/h5H,4H2,1-3H3. The fourth-order valence-corrected chi connectivity index (χ4v) is 1.82. The first kappa shape index (κ1) is 8.78. The van der Waals surface area contributed by atoms with E-state index in [0.717, 1.165) is 10.2 Å². The summed E-state index contributed by atoms with van der Waals surface area (Å²) in [6.07, 6.45) is 1.86. The maximum Gasteiger partial charge on any atom is 0.0819 e. The molecule has 0 atom stereocenters. The van der Waals surface area contributed by atoms with Gasteiger partial charge in [0.05, 0.1) is 17.2 Å². The highest BCUT2D eigenvalue weighted by atomic mass is 79.9. The van der Waals surface area contributed by atoms with Crippen LogP contribution >= 0.6 is 15.9 Å². The van der Waals surface area contributed by atoms with E-state index in [9.17, 15) is 0 Å². The Balaban J connectivity index is 3.13. The van der Waals surface area contributed by atoms with Crippen molar-refractivity contribution in [2.45, 2.75) is 26.2 Å². The zero-order valence-electron chi connectivity index (χ0n) is 7.06. The maximum absolute atomic E-state index is 4.24. The average Bonchev–Trinajstić information content (AvgIpc) is 2.08. The first-order valence-electron chi connectivity index (χ1n) is 3.48. The Bertz CT molecular complexity index is 258. The SMILES string of the molecule is [CH2]n1cc(Br)c(C(C)(C)C)n1. The van der Waals surface area contributed by atoms with Gasteiger partial charge in [0, 0.05) is 11.6 Å². The largest absolute Gasteiger partial charge is 0.269 e. The number of hydrogen-bond acceptors (Lipinski definition) is 1. The molecule has 1 heterocycles. The average molecular weight is 216 g/mol. The minimum Gasteiger partial charge on any atom is -0.269 e. The third-order valence-electron chi connectivity index (χ3n) is 1.43. The highest BCUT2D eigenvalue weighted by Gasteiger charge is 2.20. The second kappa shape index (κ2) is 2.63. The quantitative estimate of drug-likeness (QED) is 0.651. The smallest absolute Gasteiger partial charge is 0.0819 e. The molecule has 0 spiro atoms. The number of halogens is 1. The van der Waals surface area contributed by atoms with Crippen LogP contribution in [0.2, 0.25) is 0 Å². The minimum absolute atomic E-state index is 0.0851. The van der Waals surface area contributed by atoms with Crippen LogP contribution in [0.15, 0.2) is 10.7 Å². The van der Waals surface area contributed by atoms with Crippen molar-refractivity contribution >= 4 is 15.9 Å². The van der Waals surface area contributed by atoms with Gasteiger partial charge in [-0.3, -0.25) is 4.68 Å². The molecule has 1 aromatic rings. The van der Waals surface area contributed by atoms with Gasteiger partial charge in [-0.05, 0) is 15.9 Å². The van der Waals surface area contributed by atoms with Crippen LogP contribution < -0.4 is 0 Å². The molecule has 0 fully saturated rings. The lowest BCUT2D eigenvalue weighted by Crippen LogP contribution is -2.12. The Morgan fingerprint density at radius 1 is 1.55 bits per heavy atom. The molecule has 0 aromatic carbocycles. The molecule has 0 saturated carbocycles. The van der Waals surface area contributed by atoms with Crippen molar-refractivity contribution in [3.8, 4) is 0 Å². The molecule has 0 amide bonds. The molecule has 0 saturated heterocycles. The normalized spacial score (nSPS) is 12.1. The van der Waals surface area contributed by atoms with Crippen LogP contribution in [-0.2, 0) is 5.41 Å². The molecule has 11 heavy (non-hydrogen) atoms. The van der Waals surface area contributed by atoms with Crippen LogP contribution in [0, 0.1) is 7.05 Å². The van der Waals surface area contributed by atoms with E-state index in [-0.39, 0.29) is 5.41 Å². The summed E-state index contributed by atoms with van der Waals surface area (Å²) in [5.74, 6) is 0. The van der Waals surface area contributed by atoms with E-state index >= 15 is 0 Å². The zero-order valence-corrected chi connectivity index (χ0v) is 8.64. The molecule has 0 unspecified atom stereocenters. The van der Waals surface area contributed by atoms with Crippen molar-refractivity contribution in [2.24, 2.45) is 0 Å². The first-order chi connectivity index (χ1) is 4.91. The van der Waals surface area contributed by atoms with Crippen molar-refractivity contribution in [1.29, 1.82) is 0 Å². The van der Waals surface area contributed by atoms with Crippen LogP contribution in [0.3, 0.4) is 0 Å². The van der Waals surface area contributed by atoms with Gasteiger partial charge in [0.2, 0.25) is 0 Å². The molecule has 2 nitrogen and oxygen atoms in total. The molecule has 3 heteroatoms. The molecule has 61 valence electrons. The highest BCUT2D eigenvalue weighted by molar-refractivity contribution is 9.10. The van der Waals surface area contributed by atoms with Crippen LogP contribution in [-0.4, -0.2) is 9.78 Å². The number of rotatable bonds is 0. The summed E-state index contributed by atoms with van der Waals surface area (Å²) < 4.78 is 2.60. The monoisotopic (exact) mass is 215 g/mol. The van der Waals surface area contributed by atoms with Crippen LogP contribution in [0.1, 0.15) is 26.5 Å². The number of hydrogen-bond donors (Lipinski definition) is 0. The van der Waals surface area contributed by atoms with E-state index in [4.69, 9.17) is 0 Å². The van der Waals surface area contributed by atoms with Crippen molar-refractivity contribution < 1.29 is 0 Å². The predicted molar refractivity (Wildman–Crippen MR) is 49.4 cm³/mol. The molecule has 0 aliphatic carbocycles. The molecule has 0 bridgehead atoms. The van der Waals surface area contributed by atoms with Crippen molar-refractivity contribution in [2.75, 3.05) is 0 Å². The summed E-state index contributed by atoms with van der Waals surface area (Å²) in [5, 5.41) is 4.24. The Morgan fingerprint density at radius 3 is 2.27 bits per heavy atom. The van der Waals surface area contributed by atoms with Gasteiger partial charge in [-0.2, -0.15) is 5.10 Å². The van der Waals surface area contributed by atoms with Gasteiger partial charge in [0.15, 0.2) is 0 Å². The lowest BCUT2D eigenvalue weighted by molar-refractivity contribution is 0.557. The summed E-state index contributed by atoms with van der Waals surface area (Å²) in [6.45, 7) is 6.38. The summed E-state index contributed by atoms with van der Waals surface area (Å²) in [4.78, 5) is 0. The second-order valence-corrected chi connectivity index (χ2v) is 4.47. The topological polar surface area (TPSA) is 17.8 Å². The fraction of sp³-hybridized carbons (Fsp3) is 0.500. The highest BCUT2D eigenvalue weighted by Crippen LogP contribution is 2.27. The van der Waals surface area contributed by atoms with Gasteiger partial charge in [0.25, 0.3) is 0 Å².